The fraction of sp³-hybridized carbons (Fsp3) is 0.111. The van der Waals surface area contributed by atoms with E-state index in [1.165, 1.54) is 18.2 Å². The molecule has 0 atom stereocenters. The third-order valence-electron chi connectivity index (χ3n) is 4.10. The second kappa shape index (κ2) is 6.64. The molecule has 0 saturated carbocycles. The molecule has 130 valence electrons. The van der Waals surface area contributed by atoms with Crippen LogP contribution < -0.4 is 5.32 Å². The van der Waals surface area contributed by atoms with Gasteiger partial charge in [-0.15, -0.1) is 0 Å². The molecule has 1 amide bonds. The van der Waals surface area contributed by atoms with E-state index in [1.54, 1.807) is 22.5 Å². The maximum Gasteiger partial charge on any atom is 0.270 e. The number of nitrogens with one attached hydrogen (secondary N) is 1. The molecular weight excluding hydrogens is 352 g/mol. The molecule has 1 aliphatic heterocycles. The lowest BCUT2D eigenvalue weighted by molar-refractivity contribution is -0.384. The molecule has 4 rings (SSSR count). The summed E-state index contributed by atoms with van der Waals surface area (Å²) in [7, 11) is 0. The number of non-ortho nitro benzene ring substituents is 1. The van der Waals surface area contributed by atoms with Gasteiger partial charge < -0.3 is 5.32 Å². The number of nitro groups is 1. The van der Waals surface area contributed by atoms with Crippen LogP contribution >= 0.6 is 11.8 Å². The van der Waals surface area contributed by atoms with Gasteiger partial charge in [0.1, 0.15) is 5.82 Å². The Balaban J connectivity index is 1.71. The van der Waals surface area contributed by atoms with Crippen molar-refractivity contribution < 1.29 is 9.72 Å². The zero-order valence-corrected chi connectivity index (χ0v) is 14.4. The van der Waals surface area contributed by atoms with Crippen LogP contribution in [0.1, 0.15) is 21.6 Å². The molecule has 1 aliphatic rings. The molecule has 26 heavy (non-hydrogen) atoms. The van der Waals surface area contributed by atoms with Gasteiger partial charge in [-0.1, -0.05) is 24.3 Å². The lowest BCUT2D eigenvalue weighted by atomic mass is 10.2. The number of thioether (sulfide) groups is 1. The summed E-state index contributed by atoms with van der Waals surface area (Å²) in [4.78, 5) is 23.1. The molecule has 8 heteroatoms. The number of nitro benzene ring substituents is 1. The average molecular weight is 366 g/mol. The number of para-hydroxylation sites is 1. The molecule has 3 aromatic rings. The highest BCUT2D eigenvalue weighted by Gasteiger charge is 2.25. The third kappa shape index (κ3) is 2.95. The predicted molar refractivity (Wildman–Crippen MR) is 99.6 cm³/mol. The molecule has 0 saturated heterocycles. The van der Waals surface area contributed by atoms with E-state index in [-0.39, 0.29) is 11.3 Å². The normalized spacial score (nSPS) is 12.6. The number of benzene rings is 2. The molecule has 0 fully saturated rings. The van der Waals surface area contributed by atoms with Crippen LogP contribution in [0.25, 0.3) is 5.69 Å². The lowest BCUT2D eigenvalue weighted by Crippen LogP contribution is -2.16. The highest BCUT2D eigenvalue weighted by Crippen LogP contribution is 2.36. The summed E-state index contributed by atoms with van der Waals surface area (Å²) in [5, 5.41) is 18.5. The topological polar surface area (TPSA) is 90.1 Å². The number of fused-ring (bicyclic) bond motifs is 1. The van der Waals surface area contributed by atoms with Crippen molar-refractivity contribution in [2.24, 2.45) is 0 Å². The smallest absolute Gasteiger partial charge is 0.270 e. The average Bonchev–Trinajstić information content (AvgIpc) is 3.25. The van der Waals surface area contributed by atoms with Crippen LogP contribution in [0.5, 0.6) is 0 Å². The third-order valence-corrected chi connectivity index (χ3v) is 5.07. The van der Waals surface area contributed by atoms with Crippen molar-refractivity contribution in [1.29, 1.82) is 0 Å². The highest BCUT2D eigenvalue weighted by atomic mass is 32.2. The first kappa shape index (κ1) is 16.3. The Bertz CT molecular complexity index is 1000. The summed E-state index contributed by atoms with van der Waals surface area (Å²) < 4.78 is 1.72. The minimum Gasteiger partial charge on any atom is -0.306 e. The molecule has 1 N–H and O–H groups in total. The van der Waals surface area contributed by atoms with Gasteiger partial charge in [-0.25, -0.2) is 4.68 Å². The maximum absolute atomic E-state index is 12.7. The molecule has 0 aliphatic carbocycles. The number of carbonyl (C=O) groups excluding carboxylic acids is 1. The first-order chi connectivity index (χ1) is 12.6. The van der Waals surface area contributed by atoms with Crippen molar-refractivity contribution in [3.63, 3.8) is 0 Å². The van der Waals surface area contributed by atoms with Gasteiger partial charge in [0.25, 0.3) is 11.6 Å². The van der Waals surface area contributed by atoms with Crippen molar-refractivity contribution in [1.82, 2.24) is 9.78 Å². The molecule has 0 unspecified atom stereocenters. The van der Waals surface area contributed by atoms with Gasteiger partial charge >= 0.3 is 0 Å². The Morgan fingerprint density at radius 1 is 1.15 bits per heavy atom. The minimum atomic E-state index is -0.515. The molecule has 2 heterocycles. The summed E-state index contributed by atoms with van der Waals surface area (Å²) >= 11 is 1.74. The molecule has 0 spiro atoms. The first-order valence-corrected chi connectivity index (χ1v) is 9.08. The number of nitrogens with zero attached hydrogens (tertiary/aromatic N) is 3. The standard InChI is InChI=1S/C18H14N4O3S/c23-18(12-5-4-8-14(9-12)22(24)25)19-17-15-10-26-11-16(15)20-21(17)13-6-2-1-3-7-13/h1-9H,10-11H2,(H,19,23). The van der Waals surface area contributed by atoms with Crippen molar-refractivity contribution in [2.75, 3.05) is 5.32 Å². The molecule has 0 radical (unpaired) electrons. The van der Waals surface area contributed by atoms with Crippen LogP contribution in [0, 0.1) is 10.1 Å². The van der Waals surface area contributed by atoms with E-state index in [4.69, 9.17) is 0 Å². The van der Waals surface area contributed by atoms with Gasteiger partial charge in [0.05, 0.1) is 16.3 Å². The predicted octanol–water partition coefficient (Wildman–Crippen LogP) is 3.78. The van der Waals surface area contributed by atoms with E-state index in [9.17, 15) is 14.9 Å². The molecule has 7 nitrogen and oxygen atoms in total. The largest absolute Gasteiger partial charge is 0.306 e. The highest BCUT2D eigenvalue weighted by molar-refractivity contribution is 7.98. The first-order valence-electron chi connectivity index (χ1n) is 7.93. The number of hydrogen-bond donors (Lipinski definition) is 1. The van der Waals surface area contributed by atoms with E-state index in [0.717, 1.165) is 28.5 Å². The second-order valence-corrected chi connectivity index (χ2v) is 6.76. The van der Waals surface area contributed by atoms with Crippen LogP contribution in [0.2, 0.25) is 0 Å². The van der Waals surface area contributed by atoms with Crippen molar-refractivity contribution in [3.8, 4) is 5.69 Å². The van der Waals surface area contributed by atoms with E-state index < -0.39 is 10.8 Å². The fourth-order valence-electron chi connectivity index (χ4n) is 2.84. The Morgan fingerprint density at radius 3 is 2.73 bits per heavy atom. The molecule has 1 aromatic heterocycles. The zero-order chi connectivity index (χ0) is 18.1. The Kier molecular flexibility index (Phi) is 4.18. The number of rotatable bonds is 4. The quantitative estimate of drug-likeness (QED) is 0.560. The van der Waals surface area contributed by atoms with Gasteiger partial charge in [0, 0.05) is 34.8 Å². The van der Waals surface area contributed by atoms with Crippen LogP contribution in [0.4, 0.5) is 11.5 Å². The number of aromatic nitrogens is 2. The minimum absolute atomic E-state index is 0.116. The van der Waals surface area contributed by atoms with Gasteiger partial charge in [0.2, 0.25) is 0 Å². The van der Waals surface area contributed by atoms with Crippen molar-refractivity contribution >= 4 is 29.2 Å². The summed E-state index contributed by atoms with van der Waals surface area (Å²) in [5.74, 6) is 1.79. The van der Waals surface area contributed by atoms with Gasteiger partial charge in [-0.3, -0.25) is 14.9 Å². The zero-order valence-electron chi connectivity index (χ0n) is 13.6. The fourth-order valence-corrected chi connectivity index (χ4v) is 3.87. The second-order valence-electron chi connectivity index (χ2n) is 5.78. The van der Waals surface area contributed by atoms with Gasteiger partial charge in [-0.05, 0) is 18.2 Å². The summed E-state index contributed by atoms with van der Waals surface area (Å²) in [6.07, 6.45) is 0. The summed E-state index contributed by atoms with van der Waals surface area (Å²) in [6.45, 7) is 0. The van der Waals surface area contributed by atoms with Crippen LogP contribution in [0.15, 0.2) is 54.6 Å². The van der Waals surface area contributed by atoms with E-state index >= 15 is 0 Å². The van der Waals surface area contributed by atoms with Gasteiger partial charge in [0.15, 0.2) is 0 Å². The molecule has 2 aromatic carbocycles. The summed E-state index contributed by atoms with van der Waals surface area (Å²) in [5.41, 5.74) is 2.92. The Hall–Kier alpha value is -3.13. The number of anilines is 1. The number of carbonyl (C=O) groups is 1. The Labute approximate surface area is 153 Å². The Morgan fingerprint density at radius 2 is 1.96 bits per heavy atom. The van der Waals surface area contributed by atoms with E-state index in [2.05, 4.69) is 10.4 Å². The van der Waals surface area contributed by atoms with E-state index in [1.807, 2.05) is 30.3 Å². The van der Waals surface area contributed by atoms with Crippen LogP contribution in [-0.4, -0.2) is 20.6 Å². The lowest BCUT2D eigenvalue weighted by Gasteiger charge is -2.11. The maximum atomic E-state index is 12.7. The SMILES string of the molecule is O=C(Nc1c2c(nn1-c1ccccc1)CSC2)c1cccc([N+](=O)[O-])c1. The van der Waals surface area contributed by atoms with Crippen molar-refractivity contribution in [2.45, 2.75) is 11.5 Å². The molecular formula is C18H14N4O3S. The van der Waals surface area contributed by atoms with E-state index in [0.29, 0.717) is 5.82 Å². The molecule has 0 bridgehead atoms. The van der Waals surface area contributed by atoms with Crippen LogP contribution in [-0.2, 0) is 11.5 Å². The number of amides is 1. The van der Waals surface area contributed by atoms with Crippen LogP contribution in [0.3, 0.4) is 0 Å². The number of hydrogen-bond acceptors (Lipinski definition) is 5. The monoisotopic (exact) mass is 366 g/mol. The van der Waals surface area contributed by atoms with Gasteiger partial charge in [-0.2, -0.15) is 16.9 Å². The van der Waals surface area contributed by atoms with Crippen molar-refractivity contribution in [3.05, 3.63) is 81.5 Å². The summed E-state index contributed by atoms with van der Waals surface area (Å²) in [6, 6.07) is 15.2.